The Balaban J connectivity index is 1.96. The van der Waals surface area contributed by atoms with Gasteiger partial charge in [-0.3, -0.25) is 4.57 Å². The van der Waals surface area contributed by atoms with Crippen molar-refractivity contribution >= 4 is 0 Å². The van der Waals surface area contributed by atoms with Crippen LogP contribution in [0.1, 0.15) is 38.5 Å². The van der Waals surface area contributed by atoms with Gasteiger partial charge in [-0.15, -0.1) is 0 Å². The van der Waals surface area contributed by atoms with Gasteiger partial charge < -0.3 is 14.2 Å². The van der Waals surface area contributed by atoms with Gasteiger partial charge in [-0.05, 0) is 31.9 Å². The molecule has 1 unspecified atom stereocenters. The van der Waals surface area contributed by atoms with Crippen molar-refractivity contribution in [3.05, 3.63) is 52.5 Å². The lowest BCUT2D eigenvalue weighted by Gasteiger charge is -2.15. The van der Waals surface area contributed by atoms with Crippen LogP contribution in [0.3, 0.4) is 0 Å². The maximum atomic E-state index is 12.0. The molecule has 0 aliphatic rings. The molecule has 2 aromatic heterocycles. The van der Waals surface area contributed by atoms with Crippen LogP contribution in [-0.2, 0) is 4.74 Å². The number of aromatic nitrogens is 4. The summed E-state index contributed by atoms with van der Waals surface area (Å²) in [5.41, 5.74) is 2.17. The molecule has 3 rings (SSSR count). The largest absolute Gasteiger partial charge is 0.368 e. The van der Waals surface area contributed by atoms with E-state index in [4.69, 9.17) is 9.26 Å². The van der Waals surface area contributed by atoms with E-state index in [0.29, 0.717) is 18.3 Å². The molecule has 3 aromatic rings. The Hall–Kier alpha value is -2.67. The second kappa shape index (κ2) is 7.06. The van der Waals surface area contributed by atoms with E-state index in [2.05, 4.69) is 15.1 Å². The highest BCUT2D eigenvalue weighted by Gasteiger charge is 2.23. The molecule has 0 aliphatic heterocycles. The van der Waals surface area contributed by atoms with Crippen LogP contribution in [0.25, 0.3) is 17.1 Å². The first-order valence-corrected chi connectivity index (χ1v) is 8.34. The standard InChI is InChI=1S/C18H22N4O3/c1-5-24-15(11(2)3)17-20-16(21-25-17)13-7-6-8-14(9-13)22-12(4)10-19-18(22)23/h6-11,15H,5H2,1-4H3,(H,19,23). The zero-order chi connectivity index (χ0) is 18.0. The van der Waals surface area contributed by atoms with Gasteiger partial charge in [0.15, 0.2) is 0 Å². The van der Waals surface area contributed by atoms with Gasteiger partial charge in [0.1, 0.15) is 6.10 Å². The summed E-state index contributed by atoms with van der Waals surface area (Å²) in [6, 6.07) is 7.48. The summed E-state index contributed by atoms with van der Waals surface area (Å²) in [6.45, 7) is 8.48. The third-order valence-corrected chi connectivity index (χ3v) is 3.96. The Bertz CT molecular complexity index is 907. The minimum absolute atomic E-state index is 0.181. The molecule has 0 radical (unpaired) electrons. The quantitative estimate of drug-likeness (QED) is 0.743. The van der Waals surface area contributed by atoms with Crippen LogP contribution in [0.2, 0.25) is 0 Å². The topological polar surface area (TPSA) is 85.9 Å². The Morgan fingerprint density at radius 2 is 2.16 bits per heavy atom. The SMILES string of the molecule is CCOC(c1nc(-c2cccc(-n3c(C)c[nH]c3=O)c2)no1)C(C)C. The van der Waals surface area contributed by atoms with Crippen LogP contribution in [0.5, 0.6) is 0 Å². The van der Waals surface area contributed by atoms with Gasteiger partial charge in [-0.2, -0.15) is 4.98 Å². The van der Waals surface area contributed by atoms with Crippen molar-refractivity contribution in [2.24, 2.45) is 5.92 Å². The third-order valence-electron chi connectivity index (χ3n) is 3.96. The molecule has 132 valence electrons. The molecule has 0 amide bonds. The predicted molar refractivity (Wildman–Crippen MR) is 93.6 cm³/mol. The van der Waals surface area contributed by atoms with E-state index >= 15 is 0 Å². The average molecular weight is 342 g/mol. The highest BCUT2D eigenvalue weighted by Crippen LogP contribution is 2.27. The Morgan fingerprint density at radius 1 is 1.36 bits per heavy atom. The molecule has 0 spiro atoms. The third kappa shape index (κ3) is 3.41. The highest BCUT2D eigenvalue weighted by atomic mass is 16.5. The van der Waals surface area contributed by atoms with Crippen LogP contribution in [0, 0.1) is 12.8 Å². The number of imidazole rings is 1. The lowest BCUT2D eigenvalue weighted by molar-refractivity contribution is 0.00701. The van der Waals surface area contributed by atoms with Crippen molar-refractivity contribution in [1.29, 1.82) is 0 Å². The van der Waals surface area contributed by atoms with E-state index in [1.807, 2.05) is 52.0 Å². The van der Waals surface area contributed by atoms with Crippen LogP contribution in [-0.4, -0.2) is 26.3 Å². The van der Waals surface area contributed by atoms with E-state index in [9.17, 15) is 4.79 Å². The van der Waals surface area contributed by atoms with E-state index in [0.717, 1.165) is 16.9 Å². The summed E-state index contributed by atoms with van der Waals surface area (Å²) in [5, 5.41) is 4.08. The number of H-pyrrole nitrogens is 1. The normalized spacial score (nSPS) is 12.7. The zero-order valence-corrected chi connectivity index (χ0v) is 14.8. The van der Waals surface area contributed by atoms with Gasteiger partial charge in [0.2, 0.25) is 5.82 Å². The van der Waals surface area contributed by atoms with Crippen molar-refractivity contribution < 1.29 is 9.26 Å². The van der Waals surface area contributed by atoms with E-state index in [1.54, 1.807) is 10.8 Å². The minimum atomic E-state index is -0.232. The summed E-state index contributed by atoms with van der Waals surface area (Å²) in [4.78, 5) is 19.1. The number of hydrogen-bond donors (Lipinski definition) is 1. The molecule has 0 fully saturated rings. The first-order valence-electron chi connectivity index (χ1n) is 8.34. The highest BCUT2D eigenvalue weighted by molar-refractivity contribution is 5.58. The van der Waals surface area contributed by atoms with Crippen molar-refractivity contribution in [1.82, 2.24) is 19.7 Å². The number of ether oxygens (including phenoxy) is 1. The molecular formula is C18H22N4O3. The number of aromatic amines is 1. The van der Waals surface area contributed by atoms with E-state index in [1.165, 1.54) is 0 Å². The lowest BCUT2D eigenvalue weighted by Crippen LogP contribution is -2.15. The van der Waals surface area contributed by atoms with Gasteiger partial charge >= 0.3 is 5.69 Å². The molecule has 0 aliphatic carbocycles. The van der Waals surface area contributed by atoms with Crippen molar-refractivity contribution in [3.63, 3.8) is 0 Å². The number of aryl methyl sites for hydroxylation is 1. The maximum absolute atomic E-state index is 12.0. The summed E-state index contributed by atoms with van der Waals surface area (Å²) >= 11 is 0. The van der Waals surface area contributed by atoms with Crippen LogP contribution in [0.4, 0.5) is 0 Å². The van der Waals surface area contributed by atoms with Gasteiger partial charge in [-0.25, -0.2) is 4.79 Å². The number of nitrogens with zero attached hydrogens (tertiary/aromatic N) is 3. The van der Waals surface area contributed by atoms with Crippen LogP contribution in [0.15, 0.2) is 39.8 Å². The molecule has 1 atom stereocenters. The number of benzene rings is 1. The van der Waals surface area contributed by atoms with Crippen LogP contribution < -0.4 is 5.69 Å². The number of hydrogen-bond acceptors (Lipinski definition) is 5. The van der Waals surface area contributed by atoms with Crippen molar-refractivity contribution in [2.45, 2.75) is 33.8 Å². The summed E-state index contributed by atoms with van der Waals surface area (Å²) in [6.07, 6.45) is 1.44. The Labute approximate surface area is 145 Å². The van der Waals surface area contributed by atoms with Crippen molar-refractivity contribution in [3.8, 4) is 17.1 Å². The summed E-state index contributed by atoms with van der Waals surface area (Å²) in [7, 11) is 0. The second-order valence-corrected chi connectivity index (χ2v) is 6.20. The first-order chi connectivity index (χ1) is 12.0. The second-order valence-electron chi connectivity index (χ2n) is 6.20. The molecule has 0 saturated carbocycles. The first kappa shape index (κ1) is 17.2. The summed E-state index contributed by atoms with van der Waals surface area (Å²) < 4.78 is 12.7. The van der Waals surface area contributed by atoms with Crippen molar-refractivity contribution in [2.75, 3.05) is 6.61 Å². The molecule has 25 heavy (non-hydrogen) atoms. The van der Waals surface area contributed by atoms with Crippen LogP contribution >= 0.6 is 0 Å². The smallest absolute Gasteiger partial charge is 0.330 e. The Kier molecular flexibility index (Phi) is 4.85. The molecule has 0 saturated heterocycles. The monoisotopic (exact) mass is 342 g/mol. The molecule has 2 heterocycles. The van der Waals surface area contributed by atoms with Gasteiger partial charge in [-0.1, -0.05) is 31.1 Å². The average Bonchev–Trinajstić information content (AvgIpc) is 3.19. The molecule has 7 nitrogen and oxygen atoms in total. The predicted octanol–water partition coefficient (Wildman–Crippen LogP) is 3.26. The molecular weight excluding hydrogens is 320 g/mol. The lowest BCUT2D eigenvalue weighted by atomic mass is 10.1. The Morgan fingerprint density at radius 3 is 2.80 bits per heavy atom. The molecule has 7 heteroatoms. The van der Waals surface area contributed by atoms with E-state index < -0.39 is 0 Å². The van der Waals surface area contributed by atoms with Gasteiger partial charge in [0.25, 0.3) is 5.89 Å². The number of nitrogens with one attached hydrogen (secondary N) is 1. The van der Waals surface area contributed by atoms with Gasteiger partial charge in [0.05, 0.1) is 5.69 Å². The van der Waals surface area contributed by atoms with E-state index in [-0.39, 0.29) is 17.7 Å². The maximum Gasteiger partial charge on any atom is 0.330 e. The van der Waals surface area contributed by atoms with Gasteiger partial charge in [0, 0.05) is 24.1 Å². The molecule has 1 aromatic carbocycles. The summed E-state index contributed by atoms with van der Waals surface area (Å²) in [5.74, 6) is 1.16. The molecule has 1 N–H and O–H groups in total. The fraction of sp³-hybridized carbons (Fsp3) is 0.389. The minimum Gasteiger partial charge on any atom is -0.368 e. The number of rotatable bonds is 6. The zero-order valence-electron chi connectivity index (χ0n) is 14.8. The fourth-order valence-electron chi connectivity index (χ4n) is 2.76. The molecule has 0 bridgehead atoms. The fourth-order valence-corrected chi connectivity index (χ4v) is 2.76.